The fourth-order valence-electron chi connectivity index (χ4n) is 3.86. The summed E-state index contributed by atoms with van der Waals surface area (Å²) in [5.41, 5.74) is 5.69. The molecule has 2 aliphatic heterocycles. The predicted octanol–water partition coefficient (Wildman–Crippen LogP) is 1.52. The molecular formula is C15H24N4O2S. The van der Waals surface area contributed by atoms with Gasteiger partial charge in [0.05, 0.1) is 13.2 Å². The summed E-state index contributed by atoms with van der Waals surface area (Å²) in [4.78, 5) is 20.0. The highest BCUT2D eigenvalue weighted by atomic mass is 32.1. The zero-order chi connectivity index (χ0) is 15.6. The molecule has 3 rings (SSSR count). The molecule has 1 aromatic rings. The number of hydrogen-bond acceptors (Lipinski definition) is 5. The van der Waals surface area contributed by atoms with Gasteiger partial charge < -0.3 is 15.4 Å². The van der Waals surface area contributed by atoms with E-state index in [0.717, 1.165) is 57.1 Å². The summed E-state index contributed by atoms with van der Waals surface area (Å²) in [5, 5.41) is 3.19. The van der Waals surface area contributed by atoms with Crippen LogP contribution in [-0.4, -0.2) is 60.2 Å². The number of carbonyl (C=O) groups is 1. The number of methoxy groups -OCH3 is 1. The van der Waals surface area contributed by atoms with Crippen LogP contribution in [-0.2, 0) is 11.3 Å². The van der Waals surface area contributed by atoms with E-state index in [1.54, 1.807) is 23.3 Å². The molecule has 1 spiro atoms. The van der Waals surface area contributed by atoms with Gasteiger partial charge in [-0.15, -0.1) is 11.3 Å². The predicted molar refractivity (Wildman–Crippen MR) is 85.6 cm³/mol. The number of amides is 2. The number of piperidine rings is 1. The number of aromatic nitrogens is 1. The van der Waals surface area contributed by atoms with Crippen molar-refractivity contribution in [3.63, 3.8) is 0 Å². The van der Waals surface area contributed by atoms with Gasteiger partial charge in [0.1, 0.15) is 5.01 Å². The highest BCUT2D eigenvalue weighted by molar-refractivity contribution is 7.09. The lowest BCUT2D eigenvalue weighted by Gasteiger charge is -2.38. The second-order valence-electron chi connectivity index (χ2n) is 6.47. The minimum absolute atomic E-state index is 0.291. The van der Waals surface area contributed by atoms with E-state index in [1.807, 2.05) is 11.6 Å². The maximum atomic E-state index is 11.3. The van der Waals surface area contributed by atoms with Crippen LogP contribution in [0.2, 0.25) is 0 Å². The Hall–Kier alpha value is -1.18. The first kappa shape index (κ1) is 15.7. The fraction of sp³-hybridized carbons (Fsp3) is 0.733. The number of rotatable bonds is 4. The average molecular weight is 324 g/mol. The Labute approximate surface area is 135 Å². The van der Waals surface area contributed by atoms with E-state index in [2.05, 4.69) is 9.88 Å². The zero-order valence-corrected chi connectivity index (χ0v) is 13.8. The molecule has 1 atom stereocenters. The van der Waals surface area contributed by atoms with Crippen LogP contribution in [0.15, 0.2) is 11.6 Å². The summed E-state index contributed by atoms with van der Waals surface area (Å²) in [6.45, 7) is 4.27. The first-order valence-electron chi connectivity index (χ1n) is 7.78. The van der Waals surface area contributed by atoms with Gasteiger partial charge in [-0.3, -0.25) is 4.90 Å². The van der Waals surface area contributed by atoms with Crippen molar-refractivity contribution in [1.29, 1.82) is 0 Å². The SMILES string of the molecule is COCC1CC2(CCN(C(N)=O)CC2)CN1Cc1nccs1. The summed E-state index contributed by atoms with van der Waals surface area (Å²) in [6, 6.07) is 0.148. The quantitative estimate of drug-likeness (QED) is 0.911. The summed E-state index contributed by atoms with van der Waals surface area (Å²) in [7, 11) is 1.77. The van der Waals surface area contributed by atoms with Crippen molar-refractivity contribution in [2.24, 2.45) is 11.1 Å². The van der Waals surface area contributed by atoms with Crippen molar-refractivity contribution in [3.05, 3.63) is 16.6 Å². The molecule has 1 unspecified atom stereocenters. The molecule has 7 heteroatoms. The van der Waals surface area contributed by atoms with Gasteiger partial charge in [-0.05, 0) is 24.7 Å². The summed E-state index contributed by atoms with van der Waals surface area (Å²) >= 11 is 1.71. The highest BCUT2D eigenvalue weighted by Crippen LogP contribution is 2.44. The number of likely N-dealkylation sites (tertiary alicyclic amines) is 2. The monoisotopic (exact) mass is 324 g/mol. The second-order valence-corrected chi connectivity index (χ2v) is 7.45. The third kappa shape index (κ3) is 3.26. The Morgan fingerprint density at radius 1 is 1.55 bits per heavy atom. The van der Waals surface area contributed by atoms with Crippen molar-refractivity contribution in [1.82, 2.24) is 14.8 Å². The maximum absolute atomic E-state index is 11.3. The maximum Gasteiger partial charge on any atom is 0.314 e. The molecule has 2 amide bonds. The molecule has 6 nitrogen and oxygen atoms in total. The van der Waals surface area contributed by atoms with E-state index in [9.17, 15) is 4.79 Å². The Bertz CT molecular complexity index is 500. The molecule has 2 fully saturated rings. The van der Waals surface area contributed by atoms with Crippen molar-refractivity contribution in [2.45, 2.75) is 31.8 Å². The standard InChI is InChI=1S/C15H24N4O2S/c1-21-10-12-8-15(2-5-18(6-3-15)14(16)20)11-19(12)9-13-17-4-7-22-13/h4,7,12H,2-3,5-6,8-11H2,1H3,(H2,16,20). The van der Waals surface area contributed by atoms with Gasteiger partial charge >= 0.3 is 6.03 Å². The summed E-state index contributed by atoms with van der Waals surface area (Å²) < 4.78 is 5.43. The van der Waals surface area contributed by atoms with Gasteiger partial charge in [-0.2, -0.15) is 0 Å². The van der Waals surface area contributed by atoms with Gasteiger partial charge in [-0.25, -0.2) is 9.78 Å². The van der Waals surface area contributed by atoms with Crippen molar-refractivity contribution in [2.75, 3.05) is 33.4 Å². The van der Waals surface area contributed by atoms with Crippen LogP contribution in [0, 0.1) is 5.41 Å². The zero-order valence-electron chi connectivity index (χ0n) is 13.0. The van der Waals surface area contributed by atoms with Crippen molar-refractivity contribution >= 4 is 17.4 Å². The molecule has 3 heterocycles. The van der Waals surface area contributed by atoms with E-state index in [-0.39, 0.29) is 6.03 Å². The second kappa shape index (κ2) is 6.52. The fourth-order valence-corrected chi connectivity index (χ4v) is 4.50. The van der Waals surface area contributed by atoms with Crippen LogP contribution in [0.4, 0.5) is 4.79 Å². The normalized spacial score (nSPS) is 25.0. The van der Waals surface area contributed by atoms with E-state index in [1.165, 1.54) is 0 Å². The van der Waals surface area contributed by atoms with Crippen LogP contribution in [0.5, 0.6) is 0 Å². The first-order chi connectivity index (χ1) is 10.6. The molecule has 2 saturated heterocycles. The van der Waals surface area contributed by atoms with Gasteiger partial charge in [0.15, 0.2) is 0 Å². The number of urea groups is 1. The average Bonchev–Trinajstić information content (AvgIpc) is 3.10. The molecule has 0 radical (unpaired) electrons. The molecular weight excluding hydrogens is 300 g/mol. The lowest BCUT2D eigenvalue weighted by molar-refractivity contribution is 0.111. The van der Waals surface area contributed by atoms with Gasteiger partial charge in [-0.1, -0.05) is 0 Å². The minimum Gasteiger partial charge on any atom is -0.383 e. The largest absolute Gasteiger partial charge is 0.383 e. The lowest BCUT2D eigenvalue weighted by atomic mass is 9.76. The number of nitrogens with zero attached hydrogens (tertiary/aromatic N) is 3. The molecule has 2 N–H and O–H groups in total. The van der Waals surface area contributed by atoms with Gasteiger partial charge in [0, 0.05) is 44.4 Å². The minimum atomic E-state index is -0.291. The Balaban J connectivity index is 1.66. The number of carbonyl (C=O) groups excluding carboxylic acids is 1. The van der Waals surface area contributed by atoms with Gasteiger partial charge in [0.2, 0.25) is 0 Å². The molecule has 1 aromatic heterocycles. The Morgan fingerprint density at radius 2 is 2.32 bits per heavy atom. The van der Waals surface area contributed by atoms with Crippen molar-refractivity contribution < 1.29 is 9.53 Å². The van der Waals surface area contributed by atoms with E-state index in [4.69, 9.17) is 10.5 Å². The molecule has 122 valence electrons. The van der Waals surface area contributed by atoms with E-state index < -0.39 is 0 Å². The number of primary amides is 1. The van der Waals surface area contributed by atoms with Crippen molar-refractivity contribution in [3.8, 4) is 0 Å². The Kier molecular flexibility index (Phi) is 4.65. The van der Waals surface area contributed by atoms with Crippen LogP contribution >= 0.6 is 11.3 Å². The lowest BCUT2D eigenvalue weighted by Crippen LogP contribution is -2.46. The molecule has 0 saturated carbocycles. The number of hydrogen-bond donors (Lipinski definition) is 1. The Morgan fingerprint density at radius 3 is 2.91 bits per heavy atom. The van der Waals surface area contributed by atoms with Gasteiger partial charge in [0.25, 0.3) is 0 Å². The van der Waals surface area contributed by atoms with Crippen LogP contribution in [0.1, 0.15) is 24.3 Å². The number of nitrogens with two attached hydrogens (primary N) is 1. The van der Waals surface area contributed by atoms with Crippen LogP contribution in [0.3, 0.4) is 0 Å². The molecule has 0 aliphatic carbocycles. The topological polar surface area (TPSA) is 71.7 Å². The highest BCUT2D eigenvalue weighted by Gasteiger charge is 2.45. The molecule has 0 aromatic carbocycles. The smallest absolute Gasteiger partial charge is 0.314 e. The third-order valence-electron chi connectivity index (χ3n) is 5.04. The molecule has 22 heavy (non-hydrogen) atoms. The molecule has 0 bridgehead atoms. The molecule has 2 aliphatic rings. The number of thiazole rings is 1. The van der Waals surface area contributed by atoms with Crippen LogP contribution < -0.4 is 5.73 Å². The third-order valence-corrected chi connectivity index (χ3v) is 5.80. The number of ether oxygens (including phenoxy) is 1. The summed E-state index contributed by atoms with van der Waals surface area (Å²) in [6.07, 6.45) is 5.07. The summed E-state index contributed by atoms with van der Waals surface area (Å²) in [5.74, 6) is 0. The van der Waals surface area contributed by atoms with E-state index in [0.29, 0.717) is 11.5 Å². The van der Waals surface area contributed by atoms with E-state index >= 15 is 0 Å². The first-order valence-corrected chi connectivity index (χ1v) is 8.66. The van der Waals surface area contributed by atoms with Crippen LogP contribution in [0.25, 0.3) is 0 Å².